The molecule has 1 unspecified atom stereocenters. The zero-order chi connectivity index (χ0) is 13.9. The fraction of sp³-hybridized carbons (Fsp3) is 0.583. The molecule has 0 aromatic carbocycles. The van der Waals surface area contributed by atoms with E-state index in [1.54, 1.807) is 6.33 Å². The van der Waals surface area contributed by atoms with Gasteiger partial charge in [0.2, 0.25) is 11.9 Å². The highest BCUT2D eigenvalue weighted by Gasteiger charge is 2.28. The summed E-state index contributed by atoms with van der Waals surface area (Å²) in [4.78, 5) is 17.0. The molecule has 2 heterocycles. The molecule has 2 aromatic heterocycles. The van der Waals surface area contributed by atoms with Crippen molar-refractivity contribution in [1.29, 1.82) is 0 Å². The fourth-order valence-electron chi connectivity index (χ4n) is 2.00. The summed E-state index contributed by atoms with van der Waals surface area (Å²) in [7, 11) is 0. The van der Waals surface area contributed by atoms with Crippen LogP contribution in [0.15, 0.2) is 12.7 Å². The Morgan fingerprint density at radius 1 is 1.30 bits per heavy atom. The summed E-state index contributed by atoms with van der Waals surface area (Å²) in [5, 5.41) is 10.5. The Morgan fingerprint density at radius 2 is 2.10 bits per heavy atom. The zero-order valence-electron chi connectivity index (χ0n) is 11.6. The molecule has 3 rings (SSSR count). The van der Waals surface area contributed by atoms with Crippen LogP contribution in [-0.2, 0) is 0 Å². The van der Waals surface area contributed by atoms with Gasteiger partial charge in [0, 0.05) is 12.6 Å². The Morgan fingerprint density at radius 3 is 2.75 bits per heavy atom. The van der Waals surface area contributed by atoms with E-state index in [9.17, 15) is 0 Å². The van der Waals surface area contributed by atoms with Crippen molar-refractivity contribution in [2.75, 3.05) is 17.2 Å². The van der Waals surface area contributed by atoms with Gasteiger partial charge in [-0.2, -0.15) is 24.7 Å². The zero-order valence-corrected chi connectivity index (χ0v) is 11.6. The third kappa shape index (κ3) is 2.84. The third-order valence-electron chi connectivity index (χ3n) is 3.27. The highest BCUT2D eigenvalue weighted by molar-refractivity contribution is 5.38. The van der Waals surface area contributed by atoms with Crippen molar-refractivity contribution in [3.63, 3.8) is 0 Å². The van der Waals surface area contributed by atoms with E-state index >= 15 is 0 Å². The summed E-state index contributed by atoms with van der Waals surface area (Å²) in [5.41, 5.74) is 0. The van der Waals surface area contributed by atoms with Gasteiger partial charge in [-0.25, -0.2) is 4.98 Å². The maximum absolute atomic E-state index is 4.40. The van der Waals surface area contributed by atoms with Gasteiger partial charge in [-0.3, -0.25) is 0 Å². The number of nitrogens with one attached hydrogen (secondary N) is 2. The second kappa shape index (κ2) is 5.40. The van der Waals surface area contributed by atoms with Crippen molar-refractivity contribution in [3.8, 4) is 5.95 Å². The summed E-state index contributed by atoms with van der Waals surface area (Å²) in [6.07, 6.45) is 5.57. The van der Waals surface area contributed by atoms with Crippen LogP contribution in [0.1, 0.15) is 26.7 Å². The van der Waals surface area contributed by atoms with Crippen LogP contribution < -0.4 is 10.6 Å². The molecule has 1 aliphatic rings. The third-order valence-corrected chi connectivity index (χ3v) is 3.27. The minimum Gasteiger partial charge on any atom is -0.354 e. The Hall–Kier alpha value is -2.25. The second-order valence-electron chi connectivity index (χ2n) is 4.92. The molecule has 1 fully saturated rings. The number of hydrogen-bond acceptors (Lipinski definition) is 7. The van der Waals surface area contributed by atoms with Crippen LogP contribution in [0.25, 0.3) is 5.95 Å². The van der Waals surface area contributed by atoms with Gasteiger partial charge >= 0.3 is 0 Å². The molecule has 2 aromatic rings. The van der Waals surface area contributed by atoms with E-state index in [1.807, 2.05) is 6.92 Å². The van der Waals surface area contributed by atoms with Gasteiger partial charge in [0.1, 0.15) is 12.7 Å². The van der Waals surface area contributed by atoms with Crippen molar-refractivity contribution >= 4 is 11.9 Å². The van der Waals surface area contributed by atoms with E-state index in [4.69, 9.17) is 0 Å². The van der Waals surface area contributed by atoms with E-state index in [1.165, 1.54) is 23.9 Å². The Labute approximate surface area is 117 Å². The van der Waals surface area contributed by atoms with Crippen molar-refractivity contribution in [3.05, 3.63) is 12.7 Å². The molecule has 8 nitrogen and oxygen atoms in total. The van der Waals surface area contributed by atoms with E-state index in [-0.39, 0.29) is 0 Å². The summed E-state index contributed by atoms with van der Waals surface area (Å²) in [6.45, 7) is 4.90. The average Bonchev–Trinajstić information content (AvgIpc) is 3.14. The molecule has 0 bridgehead atoms. The summed E-state index contributed by atoms with van der Waals surface area (Å²) < 4.78 is 1.52. The molecular weight excluding hydrogens is 256 g/mol. The maximum atomic E-state index is 4.40. The smallest absolute Gasteiger partial charge is 0.258 e. The van der Waals surface area contributed by atoms with Gasteiger partial charge in [0.15, 0.2) is 0 Å². The van der Waals surface area contributed by atoms with Gasteiger partial charge in [0.05, 0.1) is 0 Å². The molecule has 8 heteroatoms. The highest BCUT2D eigenvalue weighted by atomic mass is 15.4. The summed E-state index contributed by atoms with van der Waals surface area (Å²) in [5.74, 6) is 2.29. The fourth-order valence-corrected chi connectivity index (χ4v) is 2.00. The standard InChI is InChI=1S/C12H18N8/c1-3-14-10-17-11(16-8(2)9-4-5-9)19-12(18-10)20-7-13-6-15-20/h6-9H,3-5H2,1-2H3,(H2,14,16,17,18,19). The van der Waals surface area contributed by atoms with Gasteiger partial charge in [0.25, 0.3) is 5.95 Å². The predicted octanol–water partition coefficient (Wildman–Crippen LogP) is 1.09. The first-order valence-electron chi connectivity index (χ1n) is 6.87. The SMILES string of the molecule is CCNc1nc(NC(C)C2CC2)nc(-n2cncn2)n1. The largest absolute Gasteiger partial charge is 0.354 e. The lowest BCUT2D eigenvalue weighted by atomic mass is 10.2. The summed E-state index contributed by atoms with van der Waals surface area (Å²) in [6, 6.07) is 0.371. The molecule has 1 saturated carbocycles. The van der Waals surface area contributed by atoms with Crippen molar-refractivity contribution in [2.45, 2.75) is 32.7 Å². The lowest BCUT2D eigenvalue weighted by molar-refractivity contribution is 0.682. The molecule has 0 amide bonds. The molecule has 20 heavy (non-hydrogen) atoms. The number of anilines is 2. The number of hydrogen-bond donors (Lipinski definition) is 2. The normalized spacial score (nSPS) is 15.9. The minimum atomic E-state index is 0.371. The van der Waals surface area contributed by atoms with Crippen molar-refractivity contribution in [2.24, 2.45) is 5.92 Å². The van der Waals surface area contributed by atoms with E-state index in [0.29, 0.717) is 23.9 Å². The van der Waals surface area contributed by atoms with Crippen LogP contribution in [0.2, 0.25) is 0 Å². The molecule has 1 atom stereocenters. The predicted molar refractivity (Wildman–Crippen MR) is 74.7 cm³/mol. The molecule has 2 N–H and O–H groups in total. The lowest BCUT2D eigenvalue weighted by Crippen LogP contribution is -2.21. The van der Waals surface area contributed by atoms with E-state index in [2.05, 4.69) is 42.6 Å². The Balaban J connectivity index is 1.87. The van der Waals surface area contributed by atoms with Crippen LogP contribution >= 0.6 is 0 Å². The second-order valence-corrected chi connectivity index (χ2v) is 4.92. The molecule has 0 saturated heterocycles. The quantitative estimate of drug-likeness (QED) is 0.814. The van der Waals surface area contributed by atoms with Crippen LogP contribution in [0.4, 0.5) is 11.9 Å². The number of rotatable bonds is 6. The van der Waals surface area contributed by atoms with Crippen LogP contribution in [-0.4, -0.2) is 42.3 Å². The van der Waals surface area contributed by atoms with Crippen molar-refractivity contribution < 1.29 is 0 Å². The van der Waals surface area contributed by atoms with E-state index < -0.39 is 0 Å². The van der Waals surface area contributed by atoms with Crippen LogP contribution in [0.3, 0.4) is 0 Å². The monoisotopic (exact) mass is 274 g/mol. The lowest BCUT2D eigenvalue weighted by Gasteiger charge is -2.14. The topological polar surface area (TPSA) is 93.4 Å². The molecule has 1 aliphatic carbocycles. The van der Waals surface area contributed by atoms with Crippen LogP contribution in [0.5, 0.6) is 0 Å². The number of aromatic nitrogens is 6. The molecular formula is C12H18N8. The van der Waals surface area contributed by atoms with Gasteiger partial charge in [-0.15, -0.1) is 0 Å². The summed E-state index contributed by atoms with van der Waals surface area (Å²) >= 11 is 0. The van der Waals surface area contributed by atoms with E-state index in [0.717, 1.165) is 12.5 Å². The first-order chi connectivity index (χ1) is 9.76. The van der Waals surface area contributed by atoms with Crippen molar-refractivity contribution in [1.82, 2.24) is 29.7 Å². The average molecular weight is 274 g/mol. The molecule has 0 aliphatic heterocycles. The maximum Gasteiger partial charge on any atom is 0.258 e. The van der Waals surface area contributed by atoms with Gasteiger partial charge in [-0.05, 0) is 32.6 Å². The Bertz CT molecular complexity index is 563. The van der Waals surface area contributed by atoms with Gasteiger partial charge < -0.3 is 10.6 Å². The Kier molecular flexibility index (Phi) is 3.44. The number of nitrogens with zero attached hydrogens (tertiary/aromatic N) is 6. The molecule has 0 spiro atoms. The first kappa shape index (κ1) is 12.8. The molecule has 106 valence electrons. The molecule has 0 radical (unpaired) electrons. The minimum absolute atomic E-state index is 0.371. The first-order valence-corrected chi connectivity index (χ1v) is 6.87. The highest BCUT2D eigenvalue weighted by Crippen LogP contribution is 2.33. The van der Waals surface area contributed by atoms with Crippen LogP contribution in [0, 0.1) is 5.92 Å². The van der Waals surface area contributed by atoms with Gasteiger partial charge in [-0.1, -0.05) is 0 Å².